The minimum Gasteiger partial charge on any atom is -0.304 e. The van der Waals surface area contributed by atoms with Crippen LogP contribution in [0.4, 0.5) is 0 Å². The van der Waals surface area contributed by atoms with Crippen LogP contribution in [0.1, 0.15) is 41.5 Å². The summed E-state index contributed by atoms with van der Waals surface area (Å²) in [5.41, 5.74) is 0. The molecule has 0 aliphatic carbocycles. The lowest BCUT2D eigenvalue weighted by molar-refractivity contribution is 0.451. The van der Waals surface area contributed by atoms with Gasteiger partial charge < -0.3 is 3.87 Å². The van der Waals surface area contributed by atoms with E-state index >= 15 is 0 Å². The zero-order valence-corrected chi connectivity index (χ0v) is 16.9. The van der Waals surface area contributed by atoms with Crippen LogP contribution in [0.3, 0.4) is 0 Å². The van der Waals surface area contributed by atoms with E-state index in [1.165, 1.54) is 0 Å². The Morgan fingerprint density at radius 1 is 0.842 bits per heavy atom. The summed E-state index contributed by atoms with van der Waals surface area (Å²) in [5, 5.41) is -0.188. The van der Waals surface area contributed by atoms with E-state index in [2.05, 4.69) is 25.2 Å². The zero-order chi connectivity index (χ0) is 15.9. The third-order valence-corrected chi connectivity index (χ3v) is 17.3. The Kier molecular flexibility index (Phi) is 5.34. The number of hydrogen-bond donors (Lipinski definition) is 1. The largest absolute Gasteiger partial charge is 0.320 e. The average Bonchev–Trinajstić information content (AvgIpc) is 1.93. The van der Waals surface area contributed by atoms with Gasteiger partial charge in [-0.1, -0.05) is 54.6 Å². The Morgan fingerprint density at radius 3 is 1.47 bits per heavy atom. The van der Waals surface area contributed by atoms with Crippen molar-refractivity contribution >= 4 is 26.9 Å². The summed E-state index contributed by atoms with van der Waals surface area (Å²) >= 11 is 0. The molecule has 0 aromatic carbocycles. The minimum absolute atomic E-state index is 0.0587. The molecule has 0 spiro atoms. The molecule has 0 aliphatic rings. The summed E-state index contributed by atoms with van der Waals surface area (Å²) in [6, 6.07) is 0. The number of nitrogens with one attached hydrogen (secondary N) is 1. The van der Waals surface area contributed by atoms with Crippen LogP contribution in [0.2, 0.25) is 36.3 Å². The van der Waals surface area contributed by atoms with E-state index in [0.717, 1.165) is 0 Å². The summed E-state index contributed by atoms with van der Waals surface area (Å²) in [7, 11) is -8.16. The lowest BCUT2D eigenvalue weighted by Gasteiger charge is -2.39. The second-order valence-electron chi connectivity index (χ2n) is 8.27. The fourth-order valence-electron chi connectivity index (χ4n) is 0.886. The molecule has 0 fully saturated rings. The highest BCUT2D eigenvalue weighted by Crippen LogP contribution is 2.38. The van der Waals surface area contributed by atoms with Gasteiger partial charge in [-0.25, -0.2) is 4.39 Å². The van der Waals surface area contributed by atoms with Crippen molar-refractivity contribution < 1.29 is 12.3 Å². The predicted octanol–water partition coefficient (Wildman–Crippen LogP) is 3.85. The molecule has 116 valence electrons. The van der Waals surface area contributed by atoms with Gasteiger partial charge in [0.2, 0.25) is 8.32 Å². The fourth-order valence-corrected chi connectivity index (χ4v) is 8.35. The van der Waals surface area contributed by atoms with Gasteiger partial charge in [0.1, 0.15) is 8.24 Å². The van der Waals surface area contributed by atoms with Crippen molar-refractivity contribution in [3.05, 3.63) is 0 Å². The first-order valence-electron chi connectivity index (χ1n) is 6.66. The second-order valence-corrected chi connectivity index (χ2v) is 19.9. The van der Waals surface area contributed by atoms with Gasteiger partial charge >= 0.3 is 10.3 Å². The van der Waals surface area contributed by atoms with Crippen molar-refractivity contribution in [2.24, 2.45) is 0 Å². The molecule has 19 heavy (non-hydrogen) atoms. The summed E-state index contributed by atoms with van der Waals surface area (Å²) in [4.78, 5) is 0. The maximum atomic E-state index is 12.3. The molecular formula is C12H31NO3SSi2. The minimum atomic E-state index is -3.69. The van der Waals surface area contributed by atoms with E-state index in [9.17, 15) is 8.42 Å². The normalized spacial score (nSPS) is 15.7. The second kappa shape index (κ2) is 5.25. The Bertz CT molecular complexity index is 383. The molecule has 4 nitrogen and oxygen atoms in total. The van der Waals surface area contributed by atoms with Gasteiger partial charge in [0.05, 0.1) is 0 Å². The van der Waals surface area contributed by atoms with Crippen molar-refractivity contribution in [1.29, 1.82) is 0 Å². The van der Waals surface area contributed by atoms with E-state index in [1.807, 2.05) is 47.0 Å². The Hall–Kier alpha value is 0.304. The summed E-state index contributed by atoms with van der Waals surface area (Å²) in [6.07, 6.45) is 0. The molecule has 0 atom stereocenters. The first-order chi connectivity index (χ1) is 7.91. The Balaban J connectivity index is 5.16. The number of rotatable bonds is 4. The maximum Gasteiger partial charge on any atom is 0.320 e. The van der Waals surface area contributed by atoms with Crippen molar-refractivity contribution in [3.8, 4) is 0 Å². The molecular weight excluding hydrogens is 294 g/mol. The first-order valence-corrected chi connectivity index (χ1v) is 14.0. The average molecular weight is 326 g/mol. The molecule has 0 aliphatic heterocycles. The van der Waals surface area contributed by atoms with Crippen molar-refractivity contribution in [1.82, 2.24) is 4.39 Å². The van der Waals surface area contributed by atoms with Crippen LogP contribution in [0.5, 0.6) is 0 Å². The van der Waals surface area contributed by atoms with Gasteiger partial charge in [-0.05, 0) is 23.2 Å². The maximum absolute atomic E-state index is 12.3. The van der Waals surface area contributed by atoms with Crippen molar-refractivity contribution in [2.45, 2.75) is 77.8 Å². The lowest BCUT2D eigenvalue weighted by Crippen LogP contribution is -2.57. The quantitative estimate of drug-likeness (QED) is 0.799. The van der Waals surface area contributed by atoms with Crippen LogP contribution in [0.25, 0.3) is 0 Å². The van der Waals surface area contributed by atoms with Crippen LogP contribution in [-0.4, -0.2) is 25.0 Å². The SMILES string of the molecule is CC(C)(C)[Si](C)(C)NS(=O)(=O)O[Si](C)(C)C(C)(C)C. The predicted molar refractivity (Wildman–Crippen MR) is 87.5 cm³/mol. The molecule has 0 unspecified atom stereocenters. The highest BCUT2D eigenvalue weighted by molar-refractivity contribution is 7.87. The van der Waals surface area contributed by atoms with Gasteiger partial charge in [0, 0.05) is 0 Å². The molecule has 0 saturated heterocycles. The monoisotopic (exact) mass is 325 g/mol. The van der Waals surface area contributed by atoms with E-state index in [0.29, 0.717) is 0 Å². The van der Waals surface area contributed by atoms with Gasteiger partial charge in [0.25, 0.3) is 0 Å². The summed E-state index contributed by atoms with van der Waals surface area (Å²) in [5.74, 6) is 0. The third kappa shape index (κ3) is 5.30. The van der Waals surface area contributed by atoms with Gasteiger partial charge in [-0.15, -0.1) is 0 Å². The van der Waals surface area contributed by atoms with Gasteiger partial charge in [0.15, 0.2) is 0 Å². The highest BCUT2D eigenvalue weighted by atomic mass is 32.2. The lowest BCUT2D eigenvalue weighted by atomic mass is 10.2. The Morgan fingerprint density at radius 2 is 1.21 bits per heavy atom. The van der Waals surface area contributed by atoms with Crippen LogP contribution in [0, 0.1) is 0 Å². The Labute approximate surface area is 121 Å². The molecule has 0 saturated carbocycles. The molecule has 0 aromatic heterocycles. The zero-order valence-electron chi connectivity index (χ0n) is 14.1. The molecule has 0 bridgehead atoms. The fraction of sp³-hybridized carbons (Fsp3) is 1.00. The summed E-state index contributed by atoms with van der Waals surface area (Å²) in [6.45, 7) is 20.2. The first kappa shape index (κ1) is 19.3. The molecule has 0 amide bonds. The molecule has 0 heterocycles. The van der Waals surface area contributed by atoms with Crippen LogP contribution >= 0.6 is 0 Å². The highest BCUT2D eigenvalue weighted by Gasteiger charge is 2.45. The molecule has 0 aromatic rings. The molecule has 0 radical (unpaired) electrons. The van der Waals surface area contributed by atoms with Crippen LogP contribution < -0.4 is 4.39 Å². The molecule has 7 heteroatoms. The van der Waals surface area contributed by atoms with Crippen molar-refractivity contribution in [2.75, 3.05) is 0 Å². The van der Waals surface area contributed by atoms with Gasteiger partial charge in [-0.2, -0.15) is 8.42 Å². The number of hydrogen-bond acceptors (Lipinski definition) is 3. The van der Waals surface area contributed by atoms with Crippen molar-refractivity contribution in [3.63, 3.8) is 0 Å². The third-order valence-electron chi connectivity index (χ3n) is 4.38. The smallest absolute Gasteiger partial charge is 0.304 e. The molecule has 0 rings (SSSR count). The van der Waals surface area contributed by atoms with E-state index < -0.39 is 26.9 Å². The van der Waals surface area contributed by atoms with Crippen LogP contribution in [0.15, 0.2) is 0 Å². The van der Waals surface area contributed by atoms with Gasteiger partial charge in [-0.3, -0.25) is 0 Å². The topological polar surface area (TPSA) is 55.4 Å². The molecule has 1 N–H and O–H groups in total. The van der Waals surface area contributed by atoms with E-state index in [-0.39, 0.29) is 10.1 Å². The van der Waals surface area contributed by atoms with E-state index in [4.69, 9.17) is 3.87 Å². The van der Waals surface area contributed by atoms with Crippen LogP contribution in [-0.2, 0) is 14.2 Å². The van der Waals surface area contributed by atoms with E-state index in [1.54, 1.807) is 0 Å². The standard InChI is InChI=1S/C12H31NO3SSi2/c1-11(2,3)18(7,8)13-17(14,15)16-19(9,10)12(4,5)6/h13H,1-10H3. The summed E-state index contributed by atoms with van der Waals surface area (Å²) < 4.78 is 33.0.